The van der Waals surface area contributed by atoms with Gasteiger partial charge in [-0.05, 0) is 35.5 Å². The number of carbonyl (C=O) groups is 1. The number of alkyl halides is 3. The van der Waals surface area contributed by atoms with Crippen LogP contribution in [0, 0.1) is 0 Å². The molecule has 1 heterocycles. The Balaban J connectivity index is 2.14. The number of hydrogen-bond acceptors (Lipinski definition) is 5. The van der Waals surface area contributed by atoms with Crippen molar-refractivity contribution in [2.45, 2.75) is 10.4 Å². The van der Waals surface area contributed by atoms with Crippen molar-refractivity contribution in [3.63, 3.8) is 0 Å². The largest absolute Gasteiger partial charge is 0.516 e. The number of hydrogen-bond donors (Lipinski definition) is 2. The van der Waals surface area contributed by atoms with Crippen molar-refractivity contribution >= 4 is 44.9 Å². The minimum absolute atomic E-state index is 0.130. The average molecular weight is 382 g/mol. The molecule has 0 aliphatic heterocycles. The van der Waals surface area contributed by atoms with Crippen molar-refractivity contribution < 1.29 is 26.4 Å². The first kappa shape index (κ1) is 17.6. The van der Waals surface area contributed by atoms with Crippen LogP contribution >= 0.6 is 23.3 Å². The second-order valence-corrected chi connectivity index (χ2v) is 7.53. The third kappa shape index (κ3) is 4.39. The molecule has 2 N–H and O–H groups in total. The van der Waals surface area contributed by atoms with E-state index in [1.165, 1.54) is 40.3 Å². The van der Waals surface area contributed by atoms with Gasteiger partial charge in [-0.25, -0.2) is 0 Å². The zero-order valence-corrected chi connectivity index (χ0v) is 13.6. The molecule has 2 rings (SSSR count). The predicted molar refractivity (Wildman–Crippen MR) is 82.7 cm³/mol. The molecule has 124 valence electrons. The molecule has 5 nitrogen and oxygen atoms in total. The topological polar surface area (TPSA) is 75.3 Å². The van der Waals surface area contributed by atoms with Gasteiger partial charge < -0.3 is 0 Å². The number of thiophene rings is 1. The van der Waals surface area contributed by atoms with Crippen LogP contribution in [0.25, 0.3) is 0 Å². The van der Waals surface area contributed by atoms with Crippen LogP contribution in [0.4, 0.5) is 18.9 Å². The molecular weight excluding hydrogens is 373 g/mol. The first-order valence-corrected chi connectivity index (χ1v) is 9.07. The summed E-state index contributed by atoms with van der Waals surface area (Å²) in [6, 6.07) is 8.69. The summed E-state index contributed by atoms with van der Waals surface area (Å²) < 4.78 is 63.5. The summed E-state index contributed by atoms with van der Waals surface area (Å²) >= 11 is 1.92. The monoisotopic (exact) mass is 382 g/mol. The van der Waals surface area contributed by atoms with E-state index in [9.17, 15) is 26.4 Å². The number of nitrogens with one attached hydrogen (secondary N) is 2. The highest BCUT2D eigenvalue weighted by molar-refractivity contribution is 7.98. The Hall–Kier alpha value is -1.72. The number of halogens is 3. The van der Waals surface area contributed by atoms with Gasteiger partial charge in [-0.1, -0.05) is 18.2 Å². The van der Waals surface area contributed by atoms with Gasteiger partial charge in [0.2, 0.25) is 0 Å². The zero-order valence-electron chi connectivity index (χ0n) is 11.1. The third-order valence-electron chi connectivity index (χ3n) is 2.43. The highest BCUT2D eigenvalue weighted by Crippen LogP contribution is 2.30. The lowest BCUT2D eigenvalue weighted by Gasteiger charge is -2.13. The molecule has 0 saturated carbocycles. The molecule has 0 aliphatic rings. The lowest BCUT2D eigenvalue weighted by Crippen LogP contribution is -2.30. The number of carbonyl (C=O) groups excluding carboxylic acids is 1. The highest BCUT2D eigenvalue weighted by Gasteiger charge is 2.46. The number of rotatable bonds is 5. The molecule has 23 heavy (non-hydrogen) atoms. The second-order valence-electron chi connectivity index (χ2n) is 4.06. The van der Waals surface area contributed by atoms with Gasteiger partial charge in [-0.2, -0.15) is 21.6 Å². The van der Waals surface area contributed by atoms with Crippen molar-refractivity contribution in [3.05, 3.63) is 46.7 Å². The van der Waals surface area contributed by atoms with Crippen LogP contribution < -0.4 is 9.44 Å². The molecule has 2 aromatic rings. The zero-order chi connectivity index (χ0) is 17.1. The van der Waals surface area contributed by atoms with E-state index in [2.05, 4.69) is 4.72 Å². The first-order valence-electron chi connectivity index (χ1n) is 5.89. The quantitative estimate of drug-likeness (QED) is 0.777. The van der Waals surface area contributed by atoms with Crippen molar-refractivity contribution in [1.82, 2.24) is 4.72 Å². The maximum absolute atomic E-state index is 12.4. The van der Waals surface area contributed by atoms with Gasteiger partial charge >= 0.3 is 15.5 Å². The fourth-order valence-corrected chi connectivity index (χ4v) is 3.42. The minimum Gasteiger partial charge on any atom is -0.291 e. The number of amides is 1. The van der Waals surface area contributed by atoms with Crippen LogP contribution in [0.1, 0.15) is 9.67 Å². The summed E-state index contributed by atoms with van der Waals surface area (Å²) in [5.41, 5.74) is -5.70. The number of anilines is 1. The van der Waals surface area contributed by atoms with E-state index in [0.717, 1.165) is 11.9 Å². The summed E-state index contributed by atoms with van der Waals surface area (Å²) in [6.07, 6.45) is 0. The van der Waals surface area contributed by atoms with Crippen LogP contribution in [0.5, 0.6) is 0 Å². The van der Waals surface area contributed by atoms with E-state index >= 15 is 0 Å². The van der Waals surface area contributed by atoms with Gasteiger partial charge in [0, 0.05) is 0 Å². The van der Waals surface area contributed by atoms with E-state index in [-0.39, 0.29) is 10.6 Å². The Morgan fingerprint density at radius 3 is 2.43 bits per heavy atom. The van der Waals surface area contributed by atoms with Crippen LogP contribution in [-0.4, -0.2) is 19.8 Å². The molecule has 0 saturated heterocycles. The highest BCUT2D eigenvalue weighted by atomic mass is 32.2. The molecule has 0 spiro atoms. The number of para-hydroxylation sites is 1. The van der Waals surface area contributed by atoms with Crippen LogP contribution in [0.2, 0.25) is 0 Å². The van der Waals surface area contributed by atoms with E-state index in [1.807, 2.05) is 0 Å². The lowest BCUT2D eigenvalue weighted by molar-refractivity contribution is -0.0429. The van der Waals surface area contributed by atoms with Gasteiger partial charge in [0.05, 0.1) is 15.5 Å². The molecular formula is C12H9F3N2O3S3. The number of sulfonamides is 1. The summed E-state index contributed by atoms with van der Waals surface area (Å²) in [7, 11) is -5.53. The SMILES string of the molecule is O=C(NSc1ccccc1NS(=O)(=O)C(F)(F)F)c1cccs1. The Labute approximate surface area is 138 Å². The van der Waals surface area contributed by atoms with Crippen LogP contribution in [0.3, 0.4) is 0 Å². The van der Waals surface area contributed by atoms with E-state index < -0.39 is 21.4 Å². The van der Waals surface area contributed by atoms with Crippen LogP contribution in [-0.2, 0) is 10.0 Å². The van der Waals surface area contributed by atoms with Crippen LogP contribution in [0.15, 0.2) is 46.7 Å². The molecule has 0 fully saturated rings. The first-order chi connectivity index (χ1) is 10.7. The summed E-state index contributed by atoms with van der Waals surface area (Å²) in [4.78, 5) is 12.3. The van der Waals surface area contributed by atoms with Gasteiger partial charge in [0.1, 0.15) is 0 Å². The van der Waals surface area contributed by atoms with Crippen molar-refractivity contribution in [1.29, 1.82) is 0 Å². The average Bonchev–Trinajstić information content (AvgIpc) is 2.98. The Bertz CT molecular complexity index is 789. The van der Waals surface area contributed by atoms with Gasteiger partial charge in [-0.15, -0.1) is 11.3 Å². The van der Waals surface area contributed by atoms with E-state index in [0.29, 0.717) is 4.88 Å². The summed E-state index contributed by atoms with van der Waals surface area (Å²) in [6.45, 7) is 0. The number of benzene rings is 1. The summed E-state index contributed by atoms with van der Waals surface area (Å²) in [5.74, 6) is -0.432. The molecule has 0 bridgehead atoms. The van der Waals surface area contributed by atoms with Gasteiger partial charge in [-0.3, -0.25) is 14.2 Å². The summed E-state index contributed by atoms with van der Waals surface area (Å²) in [5, 5.41) is 1.70. The molecule has 1 amide bonds. The van der Waals surface area contributed by atoms with Crippen molar-refractivity contribution in [2.24, 2.45) is 0 Å². The smallest absolute Gasteiger partial charge is 0.291 e. The molecule has 11 heteroatoms. The maximum atomic E-state index is 12.4. The van der Waals surface area contributed by atoms with Gasteiger partial charge in [0.25, 0.3) is 5.91 Å². The standard InChI is InChI=1S/C12H9F3N2O3S3/c13-12(14,15)23(19,20)17-8-4-1-2-5-9(8)22-16-11(18)10-6-3-7-21-10/h1-7,17H,(H,16,18). The fourth-order valence-electron chi connectivity index (χ4n) is 1.40. The maximum Gasteiger partial charge on any atom is 0.516 e. The molecule has 1 aromatic heterocycles. The van der Waals surface area contributed by atoms with E-state index in [4.69, 9.17) is 0 Å². The second kappa shape index (κ2) is 6.81. The normalized spacial score (nSPS) is 12.0. The predicted octanol–water partition coefficient (Wildman–Crippen LogP) is 3.45. The third-order valence-corrected chi connectivity index (χ3v) is 5.26. The molecule has 1 aromatic carbocycles. The van der Waals surface area contributed by atoms with Crippen molar-refractivity contribution in [2.75, 3.05) is 4.72 Å². The fraction of sp³-hybridized carbons (Fsp3) is 0.0833. The molecule has 0 unspecified atom stereocenters. The van der Waals surface area contributed by atoms with E-state index in [1.54, 1.807) is 17.5 Å². The molecule has 0 atom stereocenters. The Morgan fingerprint density at radius 2 is 1.83 bits per heavy atom. The minimum atomic E-state index is -5.53. The lowest BCUT2D eigenvalue weighted by atomic mass is 10.3. The Kier molecular flexibility index (Phi) is 5.22. The molecule has 0 radical (unpaired) electrons. The Morgan fingerprint density at radius 1 is 1.13 bits per heavy atom. The van der Waals surface area contributed by atoms with Gasteiger partial charge in [0.15, 0.2) is 0 Å². The van der Waals surface area contributed by atoms with Crippen molar-refractivity contribution in [3.8, 4) is 0 Å². The molecule has 0 aliphatic carbocycles.